The highest BCUT2D eigenvalue weighted by atomic mass is 19.1. The Morgan fingerprint density at radius 2 is 2.05 bits per heavy atom. The SMILES string of the molecule is CC(C(=O)O)N(CCC(=O)O)Cc1cccc(F)c1. The van der Waals surface area contributed by atoms with Gasteiger partial charge in [-0.2, -0.15) is 0 Å². The molecule has 0 saturated heterocycles. The van der Waals surface area contributed by atoms with Gasteiger partial charge in [0.2, 0.25) is 0 Å². The van der Waals surface area contributed by atoms with Gasteiger partial charge in [-0.1, -0.05) is 12.1 Å². The molecule has 0 amide bonds. The van der Waals surface area contributed by atoms with Gasteiger partial charge < -0.3 is 10.2 Å². The van der Waals surface area contributed by atoms with Crippen LogP contribution in [0, 0.1) is 5.82 Å². The minimum atomic E-state index is -1.04. The van der Waals surface area contributed by atoms with E-state index in [-0.39, 0.29) is 19.5 Å². The first-order valence-corrected chi connectivity index (χ1v) is 5.83. The standard InChI is InChI=1S/C13H16FNO4/c1-9(13(18)19)15(6-5-12(16)17)8-10-3-2-4-11(14)7-10/h2-4,7,9H,5-6,8H2,1H3,(H,16,17)(H,18,19). The number of carboxylic acid groups (broad SMARTS) is 2. The lowest BCUT2D eigenvalue weighted by molar-refractivity contribution is -0.144. The van der Waals surface area contributed by atoms with Crippen LogP contribution in [0.5, 0.6) is 0 Å². The van der Waals surface area contributed by atoms with Gasteiger partial charge in [0.15, 0.2) is 0 Å². The Balaban J connectivity index is 2.78. The lowest BCUT2D eigenvalue weighted by atomic mass is 10.1. The van der Waals surface area contributed by atoms with Crippen molar-refractivity contribution in [3.63, 3.8) is 0 Å². The largest absolute Gasteiger partial charge is 0.481 e. The lowest BCUT2D eigenvalue weighted by Gasteiger charge is -2.25. The first-order valence-electron chi connectivity index (χ1n) is 5.83. The monoisotopic (exact) mass is 269 g/mol. The average Bonchev–Trinajstić information content (AvgIpc) is 2.33. The highest BCUT2D eigenvalue weighted by molar-refractivity contribution is 5.73. The van der Waals surface area contributed by atoms with Crippen LogP contribution in [-0.2, 0) is 16.1 Å². The zero-order chi connectivity index (χ0) is 14.4. The van der Waals surface area contributed by atoms with E-state index in [2.05, 4.69) is 0 Å². The summed E-state index contributed by atoms with van der Waals surface area (Å²) in [5.74, 6) is -2.44. The Labute approximate surface area is 110 Å². The third kappa shape index (κ3) is 5.05. The molecule has 0 saturated carbocycles. The molecule has 1 rings (SSSR count). The van der Waals surface area contributed by atoms with Crippen molar-refractivity contribution in [1.82, 2.24) is 4.90 Å². The van der Waals surface area contributed by atoms with Crippen molar-refractivity contribution < 1.29 is 24.2 Å². The van der Waals surface area contributed by atoms with Crippen LogP contribution >= 0.6 is 0 Å². The predicted octanol–water partition coefficient (Wildman–Crippen LogP) is 1.58. The third-order valence-corrected chi connectivity index (χ3v) is 2.79. The summed E-state index contributed by atoms with van der Waals surface area (Å²) in [6.45, 7) is 1.77. The Kier molecular flexibility index (Phi) is 5.44. The van der Waals surface area contributed by atoms with Crippen LogP contribution in [0.2, 0.25) is 0 Å². The number of halogens is 1. The van der Waals surface area contributed by atoms with Gasteiger partial charge >= 0.3 is 11.9 Å². The second kappa shape index (κ2) is 6.84. The number of nitrogens with zero attached hydrogens (tertiary/aromatic N) is 1. The first kappa shape index (κ1) is 15.1. The fourth-order valence-electron chi connectivity index (χ4n) is 1.67. The smallest absolute Gasteiger partial charge is 0.320 e. The molecule has 0 radical (unpaired) electrons. The molecule has 0 fully saturated rings. The maximum atomic E-state index is 13.1. The first-order chi connectivity index (χ1) is 8.90. The molecule has 6 heteroatoms. The van der Waals surface area contributed by atoms with Crippen LogP contribution in [-0.4, -0.2) is 39.6 Å². The third-order valence-electron chi connectivity index (χ3n) is 2.79. The minimum absolute atomic E-state index is 0.0965. The molecule has 2 N–H and O–H groups in total. The number of carboxylic acids is 2. The molecule has 0 aliphatic rings. The van der Waals surface area contributed by atoms with E-state index in [0.717, 1.165) is 0 Å². The van der Waals surface area contributed by atoms with Gasteiger partial charge in [-0.15, -0.1) is 0 Å². The average molecular weight is 269 g/mol. The van der Waals surface area contributed by atoms with Crippen LogP contribution < -0.4 is 0 Å². The summed E-state index contributed by atoms with van der Waals surface area (Å²) in [6, 6.07) is 4.98. The van der Waals surface area contributed by atoms with Crippen molar-refractivity contribution in [2.45, 2.75) is 25.9 Å². The maximum Gasteiger partial charge on any atom is 0.320 e. The highest BCUT2D eigenvalue weighted by Gasteiger charge is 2.21. The van der Waals surface area contributed by atoms with E-state index < -0.39 is 23.8 Å². The Hall–Kier alpha value is -1.95. The highest BCUT2D eigenvalue weighted by Crippen LogP contribution is 2.11. The molecule has 0 aromatic heterocycles. The van der Waals surface area contributed by atoms with Gasteiger partial charge in [-0.05, 0) is 24.6 Å². The minimum Gasteiger partial charge on any atom is -0.481 e. The molecule has 0 bridgehead atoms. The summed E-state index contributed by atoms with van der Waals surface area (Å²) in [5, 5.41) is 17.6. The van der Waals surface area contributed by atoms with Crippen LogP contribution in [0.1, 0.15) is 18.9 Å². The van der Waals surface area contributed by atoms with E-state index in [1.54, 1.807) is 6.07 Å². The summed E-state index contributed by atoms with van der Waals surface area (Å²) < 4.78 is 13.1. The molecule has 104 valence electrons. The fourth-order valence-corrected chi connectivity index (χ4v) is 1.67. The number of aliphatic carboxylic acids is 2. The summed E-state index contributed by atoms with van der Waals surface area (Å²) >= 11 is 0. The molecule has 1 aromatic rings. The Morgan fingerprint density at radius 3 is 2.58 bits per heavy atom. The van der Waals surface area contributed by atoms with Crippen molar-refractivity contribution in [2.75, 3.05) is 6.54 Å². The Morgan fingerprint density at radius 1 is 1.37 bits per heavy atom. The molecule has 0 aliphatic carbocycles. The quantitative estimate of drug-likeness (QED) is 0.785. The van der Waals surface area contributed by atoms with Gasteiger partial charge in [0.25, 0.3) is 0 Å². The summed E-state index contributed by atoms with van der Waals surface area (Å²) in [4.78, 5) is 23.0. The van der Waals surface area contributed by atoms with E-state index >= 15 is 0 Å². The lowest BCUT2D eigenvalue weighted by Crippen LogP contribution is -2.39. The predicted molar refractivity (Wildman–Crippen MR) is 66.2 cm³/mol. The van der Waals surface area contributed by atoms with Crippen molar-refractivity contribution in [3.05, 3.63) is 35.6 Å². The number of carbonyl (C=O) groups is 2. The molecular weight excluding hydrogens is 253 g/mol. The van der Waals surface area contributed by atoms with Gasteiger partial charge in [-0.3, -0.25) is 14.5 Å². The molecular formula is C13H16FNO4. The summed E-state index contributed by atoms with van der Waals surface area (Å²) in [7, 11) is 0. The van der Waals surface area contributed by atoms with Crippen molar-refractivity contribution in [1.29, 1.82) is 0 Å². The number of benzene rings is 1. The second-order valence-electron chi connectivity index (χ2n) is 4.26. The van der Waals surface area contributed by atoms with E-state index in [9.17, 15) is 14.0 Å². The number of hydrogen-bond donors (Lipinski definition) is 2. The van der Waals surface area contributed by atoms with Gasteiger partial charge in [0, 0.05) is 13.1 Å². The van der Waals surface area contributed by atoms with E-state index in [0.29, 0.717) is 5.56 Å². The van der Waals surface area contributed by atoms with Gasteiger partial charge in [-0.25, -0.2) is 4.39 Å². The zero-order valence-corrected chi connectivity index (χ0v) is 10.5. The van der Waals surface area contributed by atoms with Crippen LogP contribution in [0.25, 0.3) is 0 Å². The van der Waals surface area contributed by atoms with Crippen LogP contribution in [0.3, 0.4) is 0 Å². The topological polar surface area (TPSA) is 77.8 Å². The normalized spacial score (nSPS) is 12.4. The molecule has 0 aliphatic heterocycles. The second-order valence-corrected chi connectivity index (χ2v) is 4.26. The molecule has 19 heavy (non-hydrogen) atoms. The summed E-state index contributed by atoms with van der Waals surface area (Å²) in [6.07, 6.45) is -0.160. The van der Waals surface area contributed by atoms with Crippen molar-refractivity contribution in [2.24, 2.45) is 0 Å². The maximum absolute atomic E-state index is 13.1. The fraction of sp³-hybridized carbons (Fsp3) is 0.385. The molecule has 0 spiro atoms. The van der Waals surface area contributed by atoms with Crippen LogP contribution in [0.4, 0.5) is 4.39 Å². The van der Waals surface area contributed by atoms with E-state index in [1.807, 2.05) is 0 Å². The Bertz CT molecular complexity index is 464. The van der Waals surface area contributed by atoms with E-state index in [1.165, 1.54) is 30.0 Å². The van der Waals surface area contributed by atoms with Crippen molar-refractivity contribution >= 4 is 11.9 Å². The molecule has 1 unspecified atom stereocenters. The van der Waals surface area contributed by atoms with Gasteiger partial charge in [0.1, 0.15) is 11.9 Å². The molecule has 1 aromatic carbocycles. The molecule has 5 nitrogen and oxygen atoms in total. The molecule has 1 atom stereocenters. The molecule has 0 heterocycles. The van der Waals surface area contributed by atoms with Crippen molar-refractivity contribution in [3.8, 4) is 0 Å². The van der Waals surface area contributed by atoms with E-state index in [4.69, 9.17) is 10.2 Å². The van der Waals surface area contributed by atoms with Gasteiger partial charge in [0.05, 0.1) is 6.42 Å². The zero-order valence-electron chi connectivity index (χ0n) is 10.5. The number of hydrogen-bond acceptors (Lipinski definition) is 3. The summed E-state index contributed by atoms with van der Waals surface area (Å²) in [5.41, 5.74) is 0.610. The number of rotatable bonds is 7. The van der Waals surface area contributed by atoms with Crippen LogP contribution in [0.15, 0.2) is 24.3 Å².